The van der Waals surface area contributed by atoms with E-state index in [1.807, 2.05) is 18.2 Å². The largest absolute Gasteiger partial charge is 0.493 e. The molecule has 29 heavy (non-hydrogen) atoms. The molecule has 0 aromatic heterocycles. The van der Waals surface area contributed by atoms with E-state index in [9.17, 15) is 4.79 Å². The number of ether oxygens (including phenoxy) is 2. The number of piperazine rings is 1. The van der Waals surface area contributed by atoms with Crippen LogP contribution >= 0.6 is 0 Å². The fraction of sp³-hybridized carbons (Fsp3) is 0.435. The van der Waals surface area contributed by atoms with Gasteiger partial charge in [0, 0.05) is 12.1 Å². The van der Waals surface area contributed by atoms with Crippen LogP contribution in [-0.4, -0.2) is 52.9 Å². The number of quaternary nitrogens is 2. The predicted molar refractivity (Wildman–Crippen MR) is 113 cm³/mol. The lowest BCUT2D eigenvalue weighted by Crippen LogP contribution is -3.28. The van der Waals surface area contributed by atoms with Crippen LogP contribution in [-0.2, 0) is 17.9 Å². The topological polar surface area (TPSA) is 56.4 Å². The average Bonchev–Trinajstić information content (AvgIpc) is 2.74. The Balaban J connectivity index is 1.42. The molecule has 2 aromatic rings. The highest BCUT2D eigenvalue weighted by Gasteiger charge is 2.25. The third-order valence-electron chi connectivity index (χ3n) is 5.71. The van der Waals surface area contributed by atoms with Gasteiger partial charge in [-0.25, -0.2) is 0 Å². The van der Waals surface area contributed by atoms with Gasteiger partial charge in [0.1, 0.15) is 32.7 Å². The van der Waals surface area contributed by atoms with E-state index in [2.05, 4.69) is 36.5 Å². The Morgan fingerprint density at radius 3 is 2.34 bits per heavy atom. The van der Waals surface area contributed by atoms with E-state index in [-0.39, 0.29) is 5.91 Å². The van der Waals surface area contributed by atoms with Crippen LogP contribution in [0.15, 0.2) is 42.5 Å². The van der Waals surface area contributed by atoms with E-state index < -0.39 is 0 Å². The Morgan fingerprint density at radius 1 is 0.966 bits per heavy atom. The fourth-order valence-electron chi connectivity index (χ4n) is 3.88. The lowest BCUT2D eigenvalue weighted by Gasteiger charge is -2.29. The molecule has 3 rings (SSSR count). The molecule has 0 radical (unpaired) electrons. The minimum absolute atomic E-state index is 0.131. The third kappa shape index (κ3) is 5.95. The fourth-order valence-corrected chi connectivity index (χ4v) is 3.88. The van der Waals surface area contributed by atoms with Crippen molar-refractivity contribution in [3.63, 3.8) is 0 Å². The Morgan fingerprint density at radius 2 is 1.66 bits per heavy atom. The van der Waals surface area contributed by atoms with Gasteiger partial charge in [-0.1, -0.05) is 24.3 Å². The van der Waals surface area contributed by atoms with Gasteiger partial charge >= 0.3 is 0 Å². The van der Waals surface area contributed by atoms with Crippen LogP contribution in [0.4, 0.5) is 0 Å². The van der Waals surface area contributed by atoms with E-state index >= 15 is 0 Å². The molecule has 0 spiro atoms. The Kier molecular flexibility index (Phi) is 7.49. The summed E-state index contributed by atoms with van der Waals surface area (Å²) < 4.78 is 10.7. The van der Waals surface area contributed by atoms with Crippen molar-refractivity contribution in [1.29, 1.82) is 0 Å². The molecule has 6 heteroatoms. The summed E-state index contributed by atoms with van der Waals surface area (Å²) >= 11 is 0. The molecule has 1 amide bonds. The molecule has 1 saturated heterocycles. The molecule has 3 N–H and O–H groups in total. The standard InChI is InChI=1S/C23H31N3O3/c1-18-6-4-5-7-20(18)15-24-23(27)17-26-12-10-25(11-13-26)16-19-8-9-21(28-2)22(14-19)29-3/h4-9,14H,10-13,15-17H2,1-3H3,(H,24,27)/p+2. The maximum atomic E-state index is 12.3. The number of rotatable bonds is 8. The monoisotopic (exact) mass is 399 g/mol. The van der Waals surface area contributed by atoms with Crippen molar-refractivity contribution in [3.05, 3.63) is 59.2 Å². The smallest absolute Gasteiger partial charge is 0.275 e. The van der Waals surface area contributed by atoms with E-state index in [4.69, 9.17) is 9.47 Å². The molecule has 6 nitrogen and oxygen atoms in total. The van der Waals surface area contributed by atoms with Crippen LogP contribution in [0, 0.1) is 6.92 Å². The van der Waals surface area contributed by atoms with Gasteiger partial charge in [-0.15, -0.1) is 0 Å². The third-order valence-corrected chi connectivity index (χ3v) is 5.71. The molecular formula is C23H33N3O3+2. The normalized spacial score (nSPS) is 18.9. The number of aryl methyl sites for hydroxylation is 1. The number of methoxy groups -OCH3 is 2. The molecule has 0 aliphatic carbocycles. The molecule has 1 aliphatic heterocycles. The molecule has 1 fully saturated rings. The molecule has 156 valence electrons. The van der Waals surface area contributed by atoms with E-state index in [1.165, 1.54) is 21.6 Å². The van der Waals surface area contributed by atoms with Crippen LogP contribution in [0.2, 0.25) is 0 Å². The molecule has 0 atom stereocenters. The maximum absolute atomic E-state index is 12.3. The van der Waals surface area contributed by atoms with Crippen LogP contribution in [0.25, 0.3) is 0 Å². The lowest BCUT2D eigenvalue weighted by atomic mass is 10.1. The highest BCUT2D eigenvalue weighted by molar-refractivity contribution is 5.76. The second-order valence-corrected chi connectivity index (χ2v) is 7.75. The van der Waals surface area contributed by atoms with E-state index in [0.29, 0.717) is 13.1 Å². The van der Waals surface area contributed by atoms with Gasteiger partial charge in [-0.2, -0.15) is 0 Å². The van der Waals surface area contributed by atoms with E-state index in [1.54, 1.807) is 19.1 Å². The van der Waals surface area contributed by atoms with E-state index in [0.717, 1.165) is 44.2 Å². The van der Waals surface area contributed by atoms with Crippen molar-refractivity contribution >= 4 is 5.91 Å². The number of benzene rings is 2. The summed E-state index contributed by atoms with van der Waals surface area (Å²) in [5, 5.41) is 3.07. The summed E-state index contributed by atoms with van der Waals surface area (Å²) in [6.45, 7) is 8.36. The first kappa shape index (κ1) is 21.1. The van der Waals surface area contributed by atoms with Gasteiger partial charge in [0.15, 0.2) is 18.0 Å². The quantitative estimate of drug-likeness (QED) is 0.567. The maximum Gasteiger partial charge on any atom is 0.275 e. The molecule has 1 heterocycles. The lowest BCUT2D eigenvalue weighted by molar-refractivity contribution is -1.02. The van der Waals surface area contributed by atoms with Crippen molar-refractivity contribution in [2.24, 2.45) is 0 Å². The number of carbonyl (C=O) groups excluding carboxylic acids is 1. The summed E-state index contributed by atoms with van der Waals surface area (Å²) in [5.74, 6) is 1.67. The molecule has 0 saturated carbocycles. The highest BCUT2D eigenvalue weighted by atomic mass is 16.5. The zero-order valence-electron chi connectivity index (χ0n) is 17.7. The molecule has 1 aliphatic rings. The van der Waals surface area contributed by atoms with Crippen molar-refractivity contribution in [1.82, 2.24) is 5.32 Å². The predicted octanol–water partition coefficient (Wildman–Crippen LogP) is -0.388. The number of amides is 1. The zero-order chi connectivity index (χ0) is 20.6. The van der Waals surface area contributed by atoms with Gasteiger partial charge in [-0.3, -0.25) is 4.79 Å². The van der Waals surface area contributed by atoms with Gasteiger partial charge in [0.2, 0.25) is 0 Å². The average molecular weight is 400 g/mol. The van der Waals surface area contributed by atoms with Crippen molar-refractivity contribution < 1.29 is 24.1 Å². The minimum atomic E-state index is 0.131. The first-order valence-electron chi connectivity index (χ1n) is 10.3. The van der Waals surface area contributed by atoms with Gasteiger partial charge in [-0.05, 0) is 36.2 Å². The molecule has 0 unspecified atom stereocenters. The zero-order valence-corrected chi connectivity index (χ0v) is 17.7. The van der Waals surface area contributed by atoms with Gasteiger partial charge in [0.25, 0.3) is 5.91 Å². The summed E-state index contributed by atoms with van der Waals surface area (Å²) in [5.41, 5.74) is 3.64. The highest BCUT2D eigenvalue weighted by Crippen LogP contribution is 2.27. The molecule has 0 bridgehead atoms. The van der Waals surface area contributed by atoms with Gasteiger partial charge < -0.3 is 24.6 Å². The number of hydrogen-bond donors (Lipinski definition) is 3. The number of carbonyl (C=O) groups is 1. The first-order chi connectivity index (χ1) is 14.1. The van der Waals surface area contributed by atoms with Crippen molar-refractivity contribution in [2.45, 2.75) is 20.0 Å². The number of hydrogen-bond acceptors (Lipinski definition) is 3. The van der Waals surface area contributed by atoms with Crippen LogP contribution < -0.4 is 24.6 Å². The Labute approximate surface area is 173 Å². The Hall–Kier alpha value is -2.57. The van der Waals surface area contributed by atoms with Crippen molar-refractivity contribution in [3.8, 4) is 11.5 Å². The molecular weight excluding hydrogens is 366 g/mol. The second-order valence-electron chi connectivity index (χ2n) is 7.75. The summed E-state index contributed by atoms with van der Waals surface area (Å²) in [7, 11) is 3.32. The summed E-state index contributed by atoms with van der Waals surface area (Å²) in [4.78, 5) is 15.2. The van der Waals surface area contributed by atoms with Crippen LogP contribution in [0.3, 0.4) is 0 Å². The molecule has 2 aromatic carbocycles. The minimum Gasteiger partial charge on any atom is -0.493 e. The van der Waals surface area contributed by atoms with Crippen LogP contribution in [0.1, 0.15) is 16.7 Å². The first-order valence-corrected chi connectivity index (χ1v) is 10.3. The SMILES string of the molecule is COc1ccc(C[NH+]2CC[NH+](CC(=O)NCc3ccccc3C)CC2)cc1OC. The van der Waals surface area contributed by atoms with Crippen LogP contribution in [0.5, 0.6) is 11.5 Å². The summed E-state index contributed by atoms with van der Waals surface area (Å²) in [6.07, 6.45) is 0. The Bertz CT molecular complexity index is 817. The second kappa shape index (κ2) is 10.3. The van der Waals surface area contributed by atoms with Gasteiger partial charge in [0.05, 0.1) is 14.2 Å². The summed E-state index contributed by atoms with van der Waals surface area (Å²) in [6, 6.07) is 14.3. The number of nitrogens with one attached hydrogen (secondary N) is 3. The van der Waals surface area contributed by atoms with Crippen molar-refractivity contribution in [2.75, 3.05) is 46.9 Å².